The molecule has 0 radical (unpaired) electrons. The number of hydrogen-bond donors (Lipinski definition) is 3. The van der Waals surface area contributed by atoms with Gasteiger partial charge in [0, 0.05) is 0 Å². The van der Waals surface area contributed by atoms with Gasteiger partial charge in [-0.15, -0.1) is 0 Å². The molecule has 0 aromatic carbocycles. The molecule has 1 unspecified atom stereocenters. The number of nitrogens with two attached hydrogens (primary N) is 1. The molecule has 1 aliphatic rings. The van der Waals surface area contributed by atoms with E-state index >= 15 is 0 Å². The van der Waals surface area contributed by atoms with Crippen molar-refractivity contribution in [3.05, 3.63) is 0 Å². The number of ether oxygens (including phenoxy) is 1. The minimum absolute atomic E-state index is 0.417. The van der Waals surface area contributed by atoms with Crippen LogP contribution in [0.5, 0.6) is 0 Å². The lowest BCUT2D eigenvalue weighted by Crippen LogP contribution is -2.89. The van der Waals surface area contributed by atoms with Crippen LogP contribution in [0.2, 0.25) is 0 Å². The number of aliphatic hydroxyl groups is 2. The molecular formula is C8H20NO3+. The van der Waals surface area contributed by atoms with Gasteiger partial charge in [0.05, 0.1) is 13.2 Å². The van der Waals surface area contributed by atoms with E-state index in [0.29, 0.717) is 12.5 Å². The molecule has 0 aromatic rings. The number of quaternary nitrogens is 1. The highest BCUT2D eigenvalue weighted by atomic mass is 16.5. The fraction of sp³-hybridized carbons (Fsp3) is 1.00. The molecule has 0 aromatic heterocycles. The Balaban J connectivity index is 0.000000217. The molecule has 4 nitrogen and oxygen atoms in total. The lowest BCUT2D eigenvalue weighted by Gasteiger charge is -2.15. The molecule has 74 valence electrons. The Bertz CT molecular complexity index is 92.3. The molecule has 0 amide bonds. The zero-order chi connectivity index (χ0) is 9.40. The van der Waals surface area contributed by atoms with Gasteiger partial charge < -0.3 is 20.3 Å². The second kappa shape index (κ2) is 7.49. The van der Waals surface area contributed by atoms with Crippen molar-refractivity contribution in [1.82, 2.24) is 0 Å². The molecule has 1 heterocycles. The Kier molecular flexibility index (Phi) is 7.39. The van der Waals surface area contributed by atoms with Gasteiger partial charge in [-0.1, -0.05) is 6.92 Å². The molecule has 12 heavy (non-hydrogen) atoms. The minimum Gasteiger partial charge on any atom is -0.368 e. The summed E-state index contributed by atoms with van der Waals surface area (Å²) < 4.78 is 5.25. The Labute approximate surface area is 73.5 Å². The van der Waals surface area contributed by atoms with Crippen molar-refractivity contribution in [2.75, 3.05) is 19.7 Å². The first-order valence-corrected chi connectivity index (χ1v) is 4.46. The van der Waals surface area contributed by atoms with E-state index in [0.717, 1.165) is 19.7 Å². The summed E-state index contributed by atoms with van der Waals surface area (Å²) in [4.78, 5) is 0. The summed E-state index contributed by atoms with van der Waals surface area (Å²) in [5, 5.41) is 18.1. The summed E-state index contributed by atoms with van der Waals surface area (Å²) in [6.45, 7) is 7.02. The van der Waals surface area contributed by atoms with Crippen molar-refractivity contribution in [1.29, 1.82) is 0 Å². The Morgan fingerprint density at radius 2 is 2.17 bits per heavy atom. The first-order chi connectivity index (χ1) is 5.66. The van der Waals surface area contributed by atoms with Gasteiger partial charge in [0.15, 0.2) is 6.29 Å². The average Bonchev–Trinajstić information content (AvgIpc) is 2.07. The number of aliphatic hydroxyl groups excluding tert-OH is 1. The van der Waals surface area contributed by atoms with Gasteiger partial charge in [0.1, 0.15) is 12.6 Å². The molecule has 1 saturated heterocycles. The Morgan fingerprint density at radius 1 is 1.58 bits per heavy atom. The summed E-state index contributed by atoms with van der Waals surface area (Å²) in [6, 6.07) is 0. The highest BCUT2D eigenvalue weighted by molar-refractivity contribution is 4.46. The maximum atomic E-state index is 7.92. The maximum absolute atomic E-state index is 7.92. The van der Waals surface area contributed by atoms with E-state index in [9.17, 15) is 0 Å². The van der Waals surface area contributed by atoms with E-state index in [-0.39, 0.29) is 0 Å². The number of rotatable bonds is 1. The van der Waals surface area contributed by atoms with E-state index < -0.39 is 6.29 Å². The first kappa shape index (κ1) is 11.8. The third kappa shape index (κ3) is 7.94. The second-order valence-electron chi connectivity index (χ2n) is 2.88. The fourth-order valence-electron chi connectivity index (χ4n) is 0.773. The lowest BCUT2D eigenvalue weighted by atomic mass is 10.3. The monoisotopic (exact) mass is 178 g/mol. The lowest BCUT2D eigenvalue weighted by molar-refractivity contribution is -0.676. The van der Waals surface area contributed by atoms with Crippen molar-refractivity contribution in [3.8, 4) is 0 Å². The Morgan fingerprint density at radius 3 is 2.33 bits per heavy atom. The topological polar surface area (TPSA) is 66.3 Å². The first-order valence-electron chi connectivity index (χ1n) is 4.46. The SMILES string of the molecule is CC1C[NH2+]CCO1.CCC(O)O. The van der Waals surface area contributed by atoms with Crippen LogP contribution in [0.25, 0.3) is 0 Å². The fourth-order valence-corrected chi connectivity index (χ4v) is 0.773. The highest BCUT2D eigenvalue weighted by Crippen LogP contribution is 1.85. The summed E-state index contributed by atoms with van der Waals surface area (Å²) in [6.07, 6.45) is -0.219. The smallest absolute Gasteiger partial charge is 0.151 e. The molecule has 0 aliphatic carbocycles. The molecule has 1 atom stereocenters. The zero-order valence-corrected chi connectivity index (χ0v) is 7.86. The van der Waals surface area contributed by atoms with Gasteiger partial charge in [-0.3, -0.25) is 0 Å². The summed E-state index contributed by atoms with van der Waals surface area (Å²) in [7, 11) is 0. The van der Waals surface area contributed by atoms with Crippen molar-refractivity contribution >= 4 is 0 Å². The van der Waals surface area contributed by atoms with Crippen LogP contribution in [0, 0.1) is 0 Å². The van der Waals surface area contributed by atoms with E-state index in [1.54, 1.807) is 6.92 Å². The molecule has 4 N–H and O–H groups in total. The van der Waals surface area contributed by atoms with Crippen molar-refractivity contribution in [3.63, 3.8) is 0 Å². The Hall–Kier alpha value is -0.160. The number of morpholine rings is 1. The van der Waals surface area contributed by atoms with Gasteiger partial charge >= 0.3 is 0 Å². The standard InChI is InChI=1S/C5H11NO.C3H8O2/c1-5-4-6-2-3-7-5;1-2-3(4)5/h5-6H,2-4H2,1H3;3-5H,2H2,1H3/p+1. The predicted molar refractivity (Wildman–Crippen MR) is 45.6 cm³/mol. The van der Waals surface area contributed by atoms with Crippen molar-refractivity contribution < 1.29 is 20.3 Å². The van der Waals surface area contributed by atoms with E-state index in [4.69, 9.17) is 14.9 Å². The predicted octanol–water partition coefficient (Wildman–Crippen LogP) is -1.32. The van der Waals surface area contributed by atoms with E-state index in [1.807, 2.05) is 0 Å². The second-order valence-corrected chi connectivity index (χ2v) is 2.88. The van der Waals surface area contributed by atoms with Crippen molar-refractivity contribution in [2.45, 2.75) is 32.7 Å². The van der Waals surface area contributed by atoms with Crippen LogP contribution >= 0.6 is 0 Å². The average molecular weight is 178 g/mol. The molecular weight excluding hydrogens is 158 g/mol. The molecule has 0 spiro atoms. The van der Waals surface area contributed by atoms with Gasteiger partial charge in [-0.2, -0.15) is 0 Å². The van der Waals surface area contributed by atoms with Gasteiger partial charge in [-0.25, -0.2) is 0 Å². The largest absolute Gasteiger partial charge is 0.368 e. The van der Waals surface area contributed by atoms with Crippen molar-refractivity contribution in [2.24, 2.45) is 0 Å². The maximum Gasteiger partial charge on any atom is 0.151 e. The molecule has 4 heteroatoms. The van der Waals surface area contributed by atoms with Crippen LogP contribution in [0.15, 0.2) is 0 Å². The third-order valence-electron chi connectivity index (χ3n) is 1.59. The van der Waals surface area contributed by atoms with Crippen LogP contribution in [-0.2, 0) is 4.74 Å². The zero-order valence-electron chi connectivity index (χ0n) is 7.86. The third-order valence-corrected chi connectivity index (χ3v) is 1.59. The summed E-state index contributed by atoms with van der Waals surface area (Å²) in [5.74, 6) is 0. The summed E-state index contributed by atoms with van der Waals surface area (Å²) >= 11 is 0. The quantitative estimate of drug-likeness (QED) is 0.436. The van der Waals surface area contributed by atoms with Gasteiger partial charge in [-0.05, 0) is 13.3 Å². The normalized spacial score (nSPS) is 23.2. The van der Waals surface area contributed by atoms with Gasteiger partial charge in [0.2, 0.25) is 0 Å². The molecule has 1 rings (SSSR count). The molecule has 1 fully saturated rings. The van der Waals surface area contributed by atoms with Crippen LogP contribution < -0.4 is 5.32 Å². The van der Waals surface area contributed by atoms with Crippen LogP contribution in [0.4, 0.5) is 0 Å². The van der Waals surface area contributed by atoms with E-state index in [1.165, 1.54) is 0 Å². The van der Waals surface area contributed by atoms with Crippen LogP contribution in [0.3, 0.4) is 0 Å². The summed E-state index contributed by atoms with van der Waals surface area (Å²) in [5.41, 5.74) is 0. The molecule has 0 bridgehead atoms. The molecule has 0 saturated carbocycles. The number of hydrogen-bond acceptors (Lipinski definition) is 3. The minimum atomic E-state index is -1.12. The van der Waals surface area contributed by atoms with E-state index in [2.05, 4.69) is 12.2 Å². The van der Waals surface area contributed by atoms with Crippen LogP contribution in [-0.4, -0.2) is 42.3 Å². The molecule has 1 aliphatic heterocycles. The van der Waals surface area contributed by atoms with Gasteiger partial charge in [0.25, 0.3) is 0 Å². The highest BCUT2D eigenvalue weighted by Gasteiger charge is 2.08. The van der Waals surface area contributed by atoms with Crippen LogP contribution in [0.1, 0.15) is 20.3 Å².